The Bertz CT molecular complexity index is 2070. The van der Waals surface area contributed by atoms with Crippen molar-refractivity contribution in [2.75, 3.05) is 7.11 Å². The number of hydrogen-bond donors (Lipinski definition) is 5. The van der Waals surface area contributed by atoms with Crippen LogP contribution in [0.25, 0.3) is 21.8 Å². The summed E-state index contributed by atoms with van der Waals surface area (Å²) in [6.45, 7) is 2.53. The second-order valence-corrected chi connectivity index (χ2v) is 12.1. The molecule has 3 atom stereocenters. The quantitative estimate of drug-likeness (QED) is 0.0401. The third kappa shape index (κ3) is 11.5. The van der Waals surface area contributed by atoms with Gasteiger partial charge >= 0.3 is 14.2 Å². The summed E-state index contributed by atoms with van der Waals surface area (Å²) in [5, 5.41) is 28.9. The smallest absolute Gasteiger partial charge is 0.521 e. The molecule has 1 unspecified atom stereocenters. The lowest BCUT2D eigenvalue weighted by molar-refractivity contribution is -0.244. The molecule has 282 valence electrons. The largest absolute Gasteiger partial charge is 0.565 e. The molecule has 0 bridgehead atoms. The highest BCUT2D eigenvalue weighted by molar-refractivity contribution is 7.30. The second-order valence-electron chi connectivity index (χ2n) is 11.5. The molecule has 0 spiro atoms. The molecule has 13 nitrogen and oxygen atoms in total. The van der Waals surface area contributed by atoms with Crippen molar-refractivity contribution >= 4 is 54.9 Å². The summed E-state index contributed by atoms with van der Waals surface area (Å²) in [6.07, 6.45) is 0.378. The Morgan fingerprint density at radius 3 is 2.04 bits per heavy atom. The van der Waals surface area contributed by atoms with E-state index < -0.39 is 26.5 Å². The topological polar surface area (TPSA) is 201 Å². The zero-order valence-corrected chi connectivity index (χ0v) is 30.6. The van der Waals surface area contributed by atoms with Gasteiger partial charge in [0.15, 0.2) is 6.23 Å². The van der Waals surface area contributed by atoms with Gasteiger partial charge < -0.3 is 29.0 Å². The molecule has 6 N–H and O–H groups in total. The number of carbonyl (C=O) groups excluding carboxylic acids is 1. The zero-order valence-electron chi connectivity index (χ0n) is 28.9. The summed E-state index contributed by atoms with van der Waals surface area (Å²) >= 11 is 0. The summed E-state index contributed by atoms with van der Waals surface area (Å²) < 4.78 is 21.0. The van der Waals surface area contributed by atoms with Gasteiger partial charge in [0.25, 0.3) is 6.47 Å². The molecule has 2 aromatic heterocycles. The first kappa shape index (κ1) is 42.5. The number of halogens is 1. The molecule has 1 aliphatic rings. The number of ether oxygens (including phenoxy) is 1. The monoisotopic (exact) mass is 766 g/mol. The molecule has 0 radical (unpaired) electrons. The zero-order chi connectivity index (χ0) is 37.5. The summed E-state index contributed by atoms with van der Waals surface area (Å²) in [6, 6.07) is 38.7. The van der Waals surface area contributed by atoms with Crippen molar-refractivity contribution in [1.29, 1.82) is 0 Å². The van der Waals surface area contributed by atoms with Crippen LogP contribution in [0.5, 0.6) is 0 Å². The van der Waals surface area contributed by atoms with Crippen LogP contribution >= 0.6 is 20.7 Å². The summed E-state index contributed by atoms with van der Waals surface area (Å²) in [4.78, 5) is 30.8. The normalized spacial score (nSPS) is 13.7. The Hall–Kier alpha value is -4.95. The minimum atomic E-state index is -3.04. The average molecular weight is 767 g/mol. The molecule has 3 heterocycles. The predicted octanol–water partition coefficient (Wildman–Crippen LogP) is 5.25. The number of carbonyl (C=O) groups is 2. The number of aliphatic hydroxyl groups excluding tert-OH is 1. The fraction of sp³-hybridized carbons (Fsp3) is 0.211. The number of nitrogens with two attached hydrogens (primary N) is 1. The highest BCUT2D eigenvalue weighted by Crippen LogP contribution is 2.30. The third-order valence-electron chi connectivity index (χ3n) is 8.39. The van der Waals surface area contributed by atoms with Crippen LogP contribution in [0.3, 0.4) is 0 Å². The van der Waals surface area contributed by atoms with E-state index in [9.17, 15) is 14.7 Å². The molecular weight excluding hydrogens is 723 g/mol. The number of aromatic nitrogens is 2. The number of aliphatic carboxylic acids is 1. The second kappa shape index (κ2) is 21.5. The first-order valence-electron chi connectivity index (χ1n) is 16.2. The van der Waals surface area contributed by atoms with Crippen molar-refractivity contribution < 1.29 is 45.4 Å². The Morgan fingerprint density at radius 1 is 0.943 bits per heavy atom. The molecule has 53 heavy (non-hydrogen) atoms. The van der Waals surface area contributed by atoms with Gasteiger partial charge in [-0.05, 0) is 44.8 Å². The highest BCUT2D eigenvalue weighted by atomic mass is 35.5. The number of hydrogen-bond acceptors (Lipinski definition) is 10. The number of carboxylic acid groups (broad SMARTS) is 1. The van der Waals surface area contributed by atoms with Crippen molar-refractivity contribution in [3.63, 3.8) is 0 Å². The standard InChI is InChI=1S/C19H18N2O2.C18H18N2O2.CH4O.ClH.HO4P.H2/c22-19(23)16-10-18-15(11-20-16)14-8-4-5-9-17(14)21(18)12-13-6-2-1-3-7-13;19-18(22-13-21)11-16-10-15-8-4-5-9-17(15)20(16)12-14-6-2-1-3-7-14;1-2;;1-4-5(2)3;/h1-9,16,20H,10-12H2,(H,22,23);1-10,13,18H,11-12,19H2;2H,1H3;1H;1H;1H/t16-;18-;;;;/m01..../s1. The third-order valence-corrected chi connectivity index (χ3v) is 8.52. The molecule has 7 rings (SSSR count). The maximum atomic E-state index is 11.4. The molecule has 1 aliphatic heterocycles. The van der Waals surface area contributed by atoms with Crippen molar-refractivity contribution in [2.45, 2.75) is 44.7 Å². The Kier molecular flexibility index (Phi) is 17.3. The number of carboxylic acids is 1. The van der Waals surface area contributed by atoms with Gasteiger partial charge in [0.1, 0.15) is 6.04 Å². The van der Waals surface area contributed by atoms with Gasteiger partial charge in [-0.1, -0.05) is 97.1 Å². The predicted molar refractivity (Wildman–Crippen MR) is 205 cm³/mol. The van der Waals surface area contributed by atoms with Gasteiger partial charge in [-0.15, -0.1) is 12.4 Å². The van der Waals surface area contributed by atoms with Crippen LogP contribution in [0.1, 0.15) is 29.5 Å². The van der Waals surface area contributed by atoms with E-state index in [1.165, 1.54) is 27.6 Å². The number of nitrogens with zero attached hydrogens (tertiary/aromatic N) is 2. The molecule has 0 saturated carbocycles. The number of para-hydroxylation sites is 2. The number of benzene rings is 4. The molecule has 15 heteroatoms. The maximum absolute atomic E-state index is 11.4. The molecular formula is C38H44ClN4O9P. The number of fused-ring (bicyclic) bond motifs is 4. The van der Waals surface area contributed by atoms with Crippen molar-refractivity contribution in [2.24, 2.45) is 5.73 Å². The minimum absolute atomic E-state index is 0. The first-order valence-corrected chi connectivity index (χ1v) is 17.3. The van der Waals surface area contributed by atoms with Gasteiger partial charge in [-0.2, -0.15) is 0 Å². The van der Waals surface area contributed by atoms with E-state index in [1.807, 2.05) is 60.7 Å². The lowest BCUT2D eigenvalue weighted by atomic mass is 10.0. The lowest BCUT2D eigenvalue weighted by Gasteiger charge is -2.23. The molecule has 6 aromatic rings. The molecule has 0 fully saturated rings. The average Bonchev–Trinajstić information content (AvgIpc) is 3.67. The van der Waals surface area contributed by atoms with E-state index >= 15 is 0 Å². The fourth-order valence-electron chi connectivity index (χ4n) is 6.19. The summed E-state index contributed by atoms with van der Waals surface area (Å²) in [5.41, 5.74) is 14.0. The van der Waals surface area contributed by atoms with Crippen molar-refractivity contribution in [3.8, 4) is 0 Å². The van der Waals surface area contributed by atoms with Gasteiger partial charge in [0, 0.05) is 73.5 Å². The highest BCUT2D eigenvalue weighted by Gasteiger charge is 2.28. The van der Waals surface area contributed by atoms with Crippen LogP contribution < -0.4 is 15.9 Å². The van der Waals surface area contributed by atoms with Gasteiger partial charge in [0.05, 0.1) is 0 Å². The maximum Gasteiger partial charge on any atom is 0.521 e. The molecule has 4 aromatic carbocycles. The lowest BCUT2D eigenvalue weighted by Crippen LogP contribution is -2.42. The molecule has 0 amide bonds. The number of rotatable bonds is 10. The number of aliphatic hydroxyl groups is 1. The van der Waals surface area contributed by atoms with E-state index in [2.05, 4.69) is 73.7 Å². The van der Waals surface area contributed by atoms with Gasteiger partial charge in [-0.25, -0.2) is 5.26 Å². The van der Waals surface area contributed by atoms with Crippen LogP contribution in [-0.2, 0) is 56.0 Å². The number of nitrogens with one attached hydrogen (secondary N) is 1. The van der Waals surface area contributed by atoms with E-state index in [0.29, 0.717) is 25.9 Å². The van der Waals surface area contributed by atoms with Crippen LogP contribution in [0.4, 0.5) is 0 Å². The van der Waals surface area contributed by atoms with E-state index in [0.717, 1.165) is 42.5 Å². The Balaban J connectivity index is 0.000000310. The minimum Gasteiger partial charge on any atom is -0.565 e. The SMILES string of the molecule is CO.Cl.N[C@@H](Cc1cc2ccccc2n1Cc1ccccc1)OC=O.O=C(O)[C@@H]1Cc2c(c3ccccc3n2Cc2ccccc2)CN1.O=[P+]([O-])OO.[HH]. The fourth-order valence-corrected chi connectivity index (χ4v) is 6.19. The summed E-state index contributed by atoms with van der Waals surface area (Å²) in [7, 11) is -2.04. The Labute approximate surface area is 315 Å². The van der Waals surface area contributed by atoms with Gasteiger partial charge in [-0.3, -0.25) is 20.6 Å². The van der Waals surface area contributed by atoms with Crippen molar-refractivity contribution in [3.05, 3.63) is 143 Å². The first-order chi connectivity index (χ1) is 25.3. The van der Waals surface area contributed by atoms with Crippen LogP contribution in [0, 0.1) is 0 Å². The van der Waals surface area contributed by atoms with Crippen LogP contribution in [0.15, 0.2) is 115 Å². The van der Waals surface area contributed by atoms with E-state index in [4.69, 9.17) is 30.3 Å². The molecule has 0 saturated heterocycles. The summed E-state index contributed by atoms with van der Waals surface area (Å²) in [5.74, 6) is -0.785. The van der Waals surface area contributed by atoms with Gasteiger partial charge in [0.2, 0.25) is 0 Å². The van der Waals surface area contributed by atoms with E-state index in [-0.39, 0.29) is 13.8 Å². The van der Waals surface area contributed by atoms with Crippen molar-refractivity contribution in [1.82, 2.24) is 14.5 Å². The Morgan fingerprint density at radius 2 is 1.47 bits per heavy atom. The molecule has 0 aliphatic carbocycles. The van der Waals surface area contributed by atoms with Crippen LogP contribution in [0.2, 0.25) is 0 Å². The van der Waals surface area contributed by atoms with Crippen LogP contribution in [-0.4, -0.2) is 56.4 Å². The van der Waals surface area contributed by atoms with E-state index in [1.54, 1.807) is 0 Å².